The molecule has 50 valence electrons. The van der Waals surface area contributed by atoms with Crippen molar-refractivity contribution in [3.8, 4) is 0 Å². The van der Waals surface area contributed by atoms with Crippen LogP contribution in [0.4, 0.5) is 0 Å². The van der Waals surface area contributed by atoms with Gasteiger partial charge < -0.3 is 5.11 Å². The lowest BCUT2D eigenvalue weighted by Gasteiger charge is -1.91. The summed E-state index contributed by atoms with van der Waals surface area (Å²) >= 11 is 0. The summed E-state index contributed by atoms with van der Waals surface area (Å²) in [5.41, 5.74) is 0.686. The summed E-state index contributed by atoms with van der Waals surface area (Å²) < 4.78 is 0. The second kappa shape index (κ2) is 3.01. The fraction of sp³-hybridized carbons (Fsp3) is 0.125. The van der Waals surface area contributed by atoms with Crippen molar-refractivity contribution in [1.82, 2.24) is 0 Å². The van der Waals surface area contributed by atoms with Crippen LogP contribution in [-0.4, -0.2) is 11.1 Å². The molecule has 0 bridgehead atoms. The molecule has 1 rings (SSSR count). The van der Waals surface area contributed by atoms with Gasteiger partial charge in [0.1, 0.15) is 0 Å². The fourth-order valence-corrected chi connectivity index (χ4v) is 0.652. The maximum absolute atomic E-state index is 10.1. The molecule has 2 nitrogen and oxygen atoms in total. The molecule has 0 unspecified atom stereocenters. The Balaban J connectivity index is 2.67. The molecule has 0 aliphatic rings. The Labute approximate surface area is 59.1 Å². The lowest BCUT2D eigenvalue weighted by atomic mass is 10.2. The summed E-state index contributed by atoms with van der Waals surface area (Å²) in [4.78, 5) is 10.1. The normalized spacial score (nSPS) is 9.20. The van der Waals surface area contributed by atoms with Gasteiger partial charge in [-0.2, -0.15) is 0 Å². The van der Waals surface area contributed by atoms with Crippen molar-refractivity contribution in [3.63, 3.8) is 0 Å². The summed E-state index contributed by atoms with van der Waals surface area (Å²) in [7, 11) is 0. The molecule has 0 fully saturated rings. The van der Waals surface area contributed by atoms with Crippen molar-refractivity contribution in [1.29, 1.82) is 0 Å². The topological polar surface area (TPSA) is 37.3 Å². The number of carboxylic acid groups (broad SMARTS) is 1. The van der Waals surface area contributed by atoms with Crippen molar-refractivity contribution in [2.75, 3.05) is 0 Å². The Morgan fingerprint density at radius 1 is 1.70 bits per heavy atom. The van der Waals surface area contributed by atoms with E-state index < -0.39 is 5.97 Å². The van der Waals surface area contributed by atoms with Crippen LogP contribution in [0.3, 0.4) is 0 Å². The monoisotopic (exact) mass is 134 g/mol. The van der Waals surface area contributed by atoms with E-state index in [1.54, 1.807) is 18.2 Å². The van der Waals surface area contributed by atoms with Crippen LogP contribution in [0.15, 0.2) is 18.2 Å². The average molecular weight is 134 g/mol. The smallest absolute Gasteiger partial charge is 0.307 e. The third kappa shape index (κ3) is 1.90. The summed E-state index contributed by atoms with van der Waals surface area (Å²) in [6, 6.07) is 10.5. The van der Waals surface area contributed by atoms with E-state index in [9.17, 15) is 4.79 Å². The van der Waals surface area contributed by atoms with Crippen LogP contribution in [0.25, 0.3) is 0 Å². The molecule has 1 aromatic rings. The minimum Gasteiger partial charge on any atom is -0.481 e. The van der Waals surface area contributed by atoms with Crippen LogP contribution in [-0.2, 0) is 11.2 Å². The zero-order chi connectivity index (χ0) is 7.40. The third-order valence-corrected chi connectivity index (χ3v) is 1.06. The minimum absolute atomic E-state index is 0.0364. The molecule has 2 radical (unpaired) electrons. The number of rotatable bonds is 2. The van der Waals surface area contributed by atoms with E-state index in [0.717, 1.165) is 0 Å². The first-order valence-electron chi connectivity index (χ1n) is 2.87. The molecule has 0 aromatic heterocycles. The van der Waals surface area contributed by atoms with Crippen LogP contribution in [0, 0.1) is 12.1 Å². The highest BCUT2D eigenvalue weighted by Gasteiger charge is 1.97. The van der Waals surface area contributed by atoms with Crippen LogP contribution in [0.5, 0.6) is 0 Å². The van der Waals surface area contributed by atoms with Gasteiger partial charge in [-0.15, -0.1) is 0 Å². The molecule has 0 amide bonds. The van der Waals surface area contributed by atoms with Gasteiger partial charge in [0.25, 0.3) is 0 Å². The van der Waals surface area contributed by atoms with Crippen molar-refractivity contribution in [3.05, 3.63) is 35.9 Å². The first-order valence-corrected chi connectivity index (χ1v) is 2.87. The highest BCUT2D eigenvalue weighted by atomic mass is 16.4. The summed E-state index contributed by atoms with van der Waals surface area (Å²) in [5.74, 6) is -0.831. The summed E-state index contributed by atoms with van der Waals surface area (Å²) in [5, 5.41) is 8.34. The fourth-order valence-electron chi connectivity index (χ4n) is 0.652. The van der Waals surface area contributed by atoms with Gasteiger partial charge in [-0.3, -0.25) is 4.79 Å². The van der Waals surface area contributed by atoms with Crippen LogP contribution >= 0.6 is 0 Å². The van der Waals surface area contributed by atoms with Crippen molar-refractivity contribution in [2.24, 2.45) is 0 Å². The molecule has 0 saturated heterocycles. The number of carbonyl (C=O) groups is 1. The van der Waals surface area contributed by atoms with Crippen molar-refractivity contribution < 1.29 is 9.90 Å². The van der Waals surface area contributed by atoms with Crippen LogP contribution < -0.4 is 0 Å². The summed E-state index contributed by atoms with van der Waals surface area (Å²) in [6.07, 6.45) is 0.0364. The number of carboxylic acids is 1. The standard InChI is InChI=1S/C8H6O2/c9-8(10)6-7-4-2-1-3-5-7/h2-4H,6H2,(H,9,10). The Kier molecular flexibility index (Phi) is 2.05. The molecule has 0 heterocycles. The van der Waals surface area contributed by atoms with Gasteiger partial charge in [0.05, 0.1) is 6.42 Å². The first-order chi connectivity index (χ1) is 4.79. The third-order valence-electron chi connectivity index (χ3n) is 1.06. The highest BCUT2D eigenvalue weighted by Crippen LogP contribution is 1.96. The predicted molar refractivity (Wildman–Crippen MR) is 35.5 cm³/mol. The van der Waals surface area contributed by atoms with E-state index in [1.165, 1.54) is 0 Å². The van der Waals surface area contributed by atoms with Gasteiger partial charge in [0.15, 0.2) is 0 Å². The molecule has 0 aliphatic carbocycles. The number of hydrogen-bond donors (Lipinski definition) is 1. The molecule has 2 heteroatoms. The largest absolute Gasteiger partial charge is 0.481 e. The van der Waals surface area contributed by atoms with E-state index in [-0.39, 0.29) is 6.42 Å². The molecule has 1 aromatic carbocycles. The number of benzene rings is 1. The van der Waals surface area contributed by atoms with Crippen LogP contribution in [0.1, 0.15) is 5.56 Å². The second-order valence-electron chi connectivity index (χ2n) is 1.88. The Morgan fingerprint density at radius 3 is 3.00 bits per heavy atom. The molecule has 0 saturated carbocycles. The molecular weight excluding hydrogens is 128 g/mol. The van der Waals surface area contributed by atoms with E-state index in [0.29, 0.717) is 5.56 Å². The van der Waals surface area contributed by atoms with E-state index in [1.807, 2.05) is 0 Å². The molecular formula is C8H6O2. The van der Waals surface area contributed by atoms with E-state index in [4.69, 9.17) is 5.11 Å². The lowest BCUT2D eigenvalue weighted by molar-refractivity contribution is -0.136. The molecule has 1 N–H and O–H groups in total. The zero-order valence-corrected chi connectivity index (χ0v) is 5.29. The van der Waals surface area contributed by atoms with Gasteiger partial charge in [-0.1, -0.05) is 12.1 Å². The van der Waals surface area contributed by atoms with E-state index >= 15 is 0 Å². The van der Waals surface area contributed by atoms with E-state index in [2.05, 4.69) is 12.1 Å². The quantitative estimate of drug-likeness (QED) is 0.652. The van der Waals surface area contributed by atoms with Gasteiger partial charge in [-0.05, 0) is 23.8 Å². The molecule has 10 heavy (non-hydrogen) atoms. The number of aliphatic carboxylic acids is 1. The predicted octanol–water partition coefficient (Wildman–Crippen LogP) is 0.914. The Bertz CT molecular complexity index is 216. The molecule has 0 spiro atoms. The molecule has 0 atom stereocenters. The SMILES string of the molecule is O=C(O)Cc1[c]c[c]cc1. The van der Waals surface area contributed by atoms with Gasteiger partial charge in [-0.25, -0.2) is 0 Å². The zero-order valence-electron chi connectivity index (χ0n) is 5.29. The first kappa shape index (κ1) is 6.81. The average Bonchev–Trinajstić information content (AvgIpc) is 1.88. The molecule has 0 aliphatic heterocycles. The maximum atomic E-state index is 10.1. The van der Waals surface area contributed by atoms with Gasteiger partial charge in [0.2, 0.25) is 0 Å². The van der Waals surface area contributed by atoms with Gasteiger partial charge in [0, 0.05) is 0 Å². The van der Waals surface area contributed by atoms with Crippen LogP contribution in [0.2, 0.25) is 0 Å². The lowest BCUT2D eigenvalue weighted by Crippen LogP contribution is -1.99. The Morgan fingerprint density at radius 2 is 2.50 bits per heavy atom. The summed E-state index contributed by atoms with van der Waals surface area (Å²) in [6.45, 7) is 0. The van der Waals surface area contributed by atoms with Crippen molar-refractivity contribution >= 4 is 5.97 Å². The highest BCUT2D eigenvalue weighted by molar-refractivity contribution is 5.69. The second-order valence-corrected chi connectivity index (χ2v) is 1.88. The Hall–Kier alpha value is -1.31. The van der Waals surface area contributed by atoms with Gasteiger partial charge >= 0.3 is 5.97 Å². The maximum Gasteiger partial charge on any atom is 0.307 e. The minimum atomic E-state index is -0.831. The number of hydrogen-bond acceptors (Lipinski definition) is 1. The van der Waals surface area contributed by atoms with Crippen molar-refractivity contribution in [2.45, 2.75) is 6.42 Å².